The molecule has 1 aromatic carbocycles. The van der Waals surface area contributed by atoms with Crippen molar-refractivity contribution in [1.82, 2.24) is 9.78 Å². The number of hydrogen-bond acceptors (Lipinski definition) is 3. The lowest BCUT2D eigenvalue weighted by atomic mass is 10.1. The standard InChI is InChI=1S/C10H8ClFN2O2S/c1-14-10(17(11,15)16)9(6-13-14)7-2-4-8(12)5-3-7/h2-6H,1H3. The largest absolute Gasteiger partial charge is 0.278 e. The second kappa shape index (κ2) is 4.12. The zero-order chi connectivity index (χ0) is 12.6. The fourth-order valence-electron chi connectivity index (χ4n) is 1.54. The van der Waals surface area contributed by atoms with Crippen molar-refractivity contribution in [3.63, 3.8) is 0 Å². The zero-order valence-electron chi connectivity index (χ0n) is 8.76. The first-order valence-corrected chi connectivity index (χ1v) is 6.93. The molecule has 2 aromatic rings. The fourth-order valence-corrected chi connectivity index (χ4v) is 2.89. The molecule has 0 spiro atoms. The molecule has 0 N–H and O–H groups in total. The van der Waals surface area contributed by atoms with Crippen LogP contribution >= 0.6 is 10.7 Å². The van der Waals surface area contributed by atoms with Crippen LogP contribution in [0.5, 0.6) is 0 Å². The first-order valence-electron chi connectivity index (χ1n) is 4.62. The Morgan fingerprint density at radius 1 is 1.29 bits per heavy atom. The minimum atomic E-state index is -3.90. The predicted octanol–water partition coefficient (Wildman–Crippen LogP) is 2.15. The van der Waals surface area contributed by atoms with Gasteiger partial charge in [-0.15, -0.1) is 0 Å². The van der Waals surface area contributed by atoms with Gasteiger partial charge in [-0.2, -0.15) is 5.10 Å². The van der Waals surface area contributed by atoms with Gasteiger partial charge in [-0.3, -0.25) is 4.68 Å². The molecule has 0 amide bonds. The van der Waals surface area contributed by atoms with E-state index in [1.807, 2.05) is 0 Å². The summed E-state index contributed by atoms with van der Waals surface area (Å²) in [6.07, 6.45) is 1.38. The summed E-state index contributed by atoms with van der Waals surface area (Å²) in [5.74, 6) is -0.395. The molecule has 1 aromatic heterocycles. The third kappa shape index (κ3) is 2.32. The van der Waals surface area contributed by atoms with Gasteiger partial charge in [0.15, 0.2) is 5.03 Å². The summed E-state index contributed by atoms with van der Waals surface area (Å²) < 4.78 is 36.8. The van der Waals surface area contributed by atoms with Gasteiger partial charge in [-0.25, -0.2) is 12.8 Å². The summed E-state index contributed by atoms with van der Waals surface area (Å²) in [6.45, 7) is 0. The number of nitrogens with zero attached hydrogens (tertiary/aromatic N) is 2. The van der Waals surface area contributed by atoms with Gasteiger partial charge in [0, 0.05) is 23.3 Å². The summed E-state index contributed by atoms with van der Waals surface area (Å²) in [6, 6.07) is 5.43. The number of aryl methyl sites for hydroxylation is 1. The Kier molecular flexibility index (Phi) is 2.92. The molecule has 0 aliphatic carbocycles. The molecule has 0 bridgehead atoms. The monoisotopic (exact) mass is 274 g/mol. The molecule has 4 nitrogen and oxygen atoms in total. The van der Waals surface area contributed by atoms with Crippen LogP contribution in [0.1, 0.15) is 0 Å². The molecule has 0 aliphatic rings. The van der Waals surface area contributed by atoms with Crippen LogP contribution in [0.3, 0.4) is 0 Å². The first-order chi connectivity index (χ1) is 7.89. The van der Waals surface area contributed by atoms with E-state index < -0.39 is 14.9 Å². The SMILES string of the molecule is Cn1ncc(-c2ccc(F)cc2)c1S(=O)(=O)Cl. The fraction of sp³-hybridized carbons (Fsp3) is 0.100. The predicted molar refractivity (Wildman–Crippen MR) is 61.6 cm³/mol. The van der Waals surface area contributed by atoms with Crippen LogP contribution in [0.15, 0.2) is 35.5 Å². The van der Waals surface area contributed by atoms with Crippen molar-refractivity contribution >= 4 is 19.7 Å². The van der Waals surface area contributed by atoms with Gasteiger partial charge in [0.25, 0.3) is 9.05 Å². The van der Waals surface area contributed by atoms with Gasteiger partial charge < -0.3 is 0 Å². The lowest BCUT2D eigenvalue weighted by Crippen LogP contribution is -2.02. The lowest BCUT2D eigenvalue weighted by molar-refractivity contribution is 0.591. The molecule has 0 aliphatic heterocycles. The van der Waals surface area contributed by atoms with E-state index in [1.54, 1.807) is 0 Å². The van der Waals surface area contributed by atoms with E-state index in [-0.39, 0.29) is 5.03 Å². The Bertz CT molecular complexity index is 649. The van der Waals surface area contributed by atoms with E-state index >= 15 is 0 Å². The molecule has 0 unspecified atom stereocenters. The summed E-state index contributed by atoms with van der Waals surface area (Å²) in [4.78, 5) is 0. The van der Waals surface area contributed by atoms with Crippen LogP contribution in [0, 0.1) is 5.82 Å². The molecule has 0 saturated heterocycles. The lowest BCUT2D eigenvalue weighted by Gasteiger charge is -2.02. The van der Waals surface area contributed by atoms with Gasteiger partial charge in [0.1, 0.15) is 5.82 Å². The molecule has 0 fully saturated rings. The Morgan fingerprint density at radius 3 is 2.41 bits per heavy atom. The average molecular weight is 275 g/mol. The Balaban J connectivity index is 2.65. The van der Waals surface area contributed by atoms with Crippen LogP contribution in [-0.2, 0) is 16.1 Å². The molecular weight excluding hydrogens is 267 g/mol. The van der Waals surface area contributed by atoms with E-state index in [4.69, 9.17) is 10.7 Å². The quantitative estimate of drug-likeness (QED) is 0.789. The Morgan fingerprint density at radius 2 is 1.88 bits per heavy atom. The average Bonchev–Trinajstić information content (AvgIpc) is 2.61. The third-order valence-electron chi connectivity index (χ3n) is 2.27. The first kappa shape index (κ1) is 12.1. The highest BCUT2D eigenvalue weighted by Gasteiger charge is 2.21. The van der Waals surface area contributed by atoms with E-state index in [9.17, 15) is 12.8 Å². The molecule has 1 heterocycles. The van der Waals surface area contributed by atoms with Crippen molar-refractivity contribution < 1.29 is 12.8 Å². The van der Waals surface area contributed by atoms with Crippen LogP contribution in [0.2, 0.25) is 0 Å². The summed E-state index contributed by atoms with van der Waals surface area (Å²) in [5.41, 5.74) is 0.890. The van der Waals surface area contributed by atoms with E-state index in [0.717, 1.165) is 0 Å². The van der Waals surface area contributed by atoms with E-state index in [0.29, 0.717) is 11.1 Å². The van der Waals surface area contributed by atoms with Crippen LogP contribution in [0.25, 0.3) is 11.1 Å². The Labute approximate surface area is 102 Å². The van der Waals surface area contributed by atoms with Gasteiger partial charge in [-0.05, 0) is 17.7 Å². The molecule has 17 heavy (non-hydrogen) atoms. The molecule has 0 radical (unpaired) electrons. The summed E-state index contributed by atoms with van der Waals surface area (Å²) in [5, 5.41) is 3.74. The summed E-state index contributed by atoms with van der Waals surface area (Å²) >= 11 is 0. The van der Waals surface area contributed by atoms with Crippen molar-refractivity contribution in [3.8, 4) is 11.1 Å². The summed E-state index contributed by atoms with van der Waals surface area (Å²) in [7, 11) is 2.90. The van der Waals surface area contributed by atoms with Crippen LogP contribution < -0.4 is 0 Å². The number of hydrogen-bond donors (Lipinski definition) is 0. The number of aromatic nitrogens is 2. The van der Waals surface area contributed by atoms with E-state index in [2.05, 4.69) is 5.10 Å². The van der Waals surface area contributed by atoms with Gasteiger partial charge in [0.2, 0.25) is 0 Å². The smallest absolute Gasteiger partial charge is 0.256 e. The van der Waals surface area contributed by atoms with Crippen LogP contribution in [0.4, 0.5) is 4.39 Å². The van der Waals surface area contributed by atoms with Crippen molar-refractivity contribution in [2.45, 2.75) is 5.03 Å². The van der Waals surface area contributed by atoms with Gasteiger partial charge >= 0.3 is 0 Å². The van der Waals surface area contributed by atoms with Crippen LogP contribution in [-0.4, -0.2) is 18.2 Å². The highest BCUT2D eigenvalue weighted by molar-refractivity contribution is 8.13. The molecule has 90 valence electrons. The van der Waals surface area contributed by atoms with Gasteiger partial charge in [0.05, 0.1) is 6.20 Å². The maximum Gasteiger partial charge on any atom is 0.278 e. The van der Waals surface area contributed by atoms with Crippen molar-refractivity contribution in [2.75, 3.05) is 0 Å². The van der Waals surface area contributed by atoms with Crippen molar-refractivity contribution in [2.24, 2.45) is 7.05 Å². The highest BCUT2D eigenvalue weighted by atomic mass is 35.7. The molecule has 0 atom stereocenters. The third-order valence-corrected chi connectivity index (χ3v) is 3.66. The van der Waals surface area contributed by atoms with E-state index in [1.165, 1.54) is 42.2 Å². The highest BCUT2D eigenvalue weighted by Crippen LogP contribution is 2.28. The topological polar surface area (TPSA) is 52.0 Å². The maximum atomic E-state index is 12.8. The van der Waals surface area contributed by atoms with Crippen molar-refractivity contribution in [1.29, 1.82) is 0 Å². The number of rotatable bonds is 2. The molecular formula is C10H8ClFN2O2S. The normalized spacial score (nSPS) is 11.7. The molecule has 7 heteroatoms. The van der Waals surface area contributed by atoms with Crippen molar-refractivity contribution in [3.05, 3.63) is 36.3 Å². The second-order valence-corrected chi connectivity index (χ2v) is 5.91. The second-order valence-electron chi connectivity index (χ2n) is 3.43. The van der Waals surface area contributed by atoms with Gasteiger partial charge in [-0.1, -0.05) is 12.1 Å². The Hall–Kier alpha value is -1.40. The molecule has 0 saturated carbocycles. The number of benzene rings is 1. The zero-order valence-corrected chi connectivity index (χ0v) is 10.3. The molecule has 2 rings (SSSR count). The minimum absolute atomic E-state index is 0.106. The minimum Gasteiger partial charge on any atom is -0.256 e. The number of halogens is 2. The maximum absolute atomic E-state index is 12.8.